The van der Waals surface area contributed by atoms with Gasteiger partial charge in [-0.1, -0.05) is 11.6 Å². The number of fused-ring (bicyclic) bond motifs is 1. The van der Waals surface area contributed by atoms with Crippen molar-refractivity contribution >= 4 is 45.2 Å². The molecule has 2 atom stereocenters. The molecule has 4 heterocycles. The second-order valence-electron chi connectivity index (χ2n) is 8.99. The molecule has 1 amide bonds. The zero-order valence-electron chi connectivity index (χ0n) is 17.4. The summed E-state index contributed by atoms with van der Waals surface area (Å²) in [5, 5.41) is 0.407. The number of carbonyl (C=O) groups excluding carboxylic acids is 1. The third-order valence-corrected chi connectivity index (χ3v) is 7.78. The Labute approximate surface area is 189 Å². The largest absolute Gasteiger partial charge is 0.444 e. The molecular weight excluding hydrogens is 474 g/mol. The Morgan fingerprint density at radius 2 is 2.17 bits per heavy atom. The van der Waals surface area contributed by atoms with Gasteiger partial charge in [-0.3, -0.25) is 4.40 Å². The second-order valence-corrected chi connectivity index (χ2v) is 10.1. The molecule has 1 spiro atoms. The number of amides is 1. The van der Waals surface area contributed by atoms with Crippen molar-refractivity contribution in [3.05, 3.63) is 22.0 Å². The molecule has 2 aliphatic rings. The molecular formula is C20H27BrClN5O3. The van der Waals surface area contributed by atoms with Crippen LogP contribution in [0.15, 0.2) is 16.9 Å². The van der Waals surface area contributed by atoms with Gasteiger partial charge in [0.1, 0.15) is 5.60 Å². The van der Waals surface area contributed by atoms with Crippen LogP contribution < -0.4 is 10.6 Å². The average Bonchev–Trinajstić information content (AvgIpc) is 3.26. The third-order valence-electron chi connectivity index (χ3n) is 6.55. The van der Waals surface area contributed by atoms with Gasteiger partial charge in [-0.25, -0.2) is 14.8 Å². The van der Waals surface area contributed by atoms with Gasteiger partial charge in [-0.05, 0) is 61.9 Å². The van der Waals surface area contributed by atoms with Crippen molar-refractivity contribution in [1.82, 2.24) is 14.4 Å². The normalized spacial score (nSPS) is 24.0. The number of ether oxygens (including phenoxy) is 2. The summed E-state index contributed by atoms with van der Waals surface area (Å²) < 4.78 is 14.1. The van der Waals surface area contributed by atoms with E-state index < -0.39 is 11.7 Å². The van der Waals surface area contributed by atoms with E-state index in [1.54, 1.807) is 6.20 Å². The van der Waals surface area contributed by atoms with Crippen LogP contribution in [-0.4, -0.2) is 51.9 Å². The lowest BCUT2D eigenvalue weighted by Crippen LogP contribution is -2.47. The number of hydrogen-bond donors (Lipinski definition) is 1. The number of hydrogen-bond acceptors (Lipinski definition) is 6. The summed E-state index contributed by atoms with van der Waals surface area (Å²) in [5.41, 5.74) is 5.44. The Morgan fingerprint density at radius 3 is 2.83 bits per heavy atom. The molecule has 2 saturated heterocycles. The number of primary amides is 1. The topological polar surface area (TPSA) is 95.0 Å². The van der Waals surface area contributed by atoms with Gasteiger partial charge in [-0.15, -0.1) is 0 Å². The molecule has 0 aliphatic carbocycles. The summed E-state index contributed by atoms with van der Waals surface area (Å²) in [6.07, 6.45) is 5.64. The maximum absolute atomic E-state index is 11.3. The summed E-state index contributed by atoms with van der Waals surface area (Å²) >= 11 is 9.80. The SMILES string of the molecule is C[C@@H]1OCC2(CCN(c3nc(Cl)c(Br)c4nccn34)CC2)[C@@H]1CC(C)(C)OC(N)=O. The van der Waals surface area contributed by atoms with E-state index >= 15 is 0 Å². The number of anilines is 1. The van der Waals surface area contributed by atoms with Crippen molar-refractivity contribution in [2.75, 3.05) is 24.6 Å². The predicted molar refractivity (Wildman–Crippen MR) is 118 cm³/mol. The van der Waals surface area contributed by atoms with Gasteiger partial charge in [0.05, 0.1) is 17.2 Å². The van der Waals surface area contributed by atoms with Crippen LogP contribution in [0.2, 0.25) is 5.15 Å². The molecule has 8 nitrogen and oxygen atoms in total. The first-order chi connectivity index (χ1) is 14.1. The van der Waals surface area contributed by atoms with Crippen LogP contribution in [0, 0.1) is 11.3 Å². The average molecular weight is 501 g/mol. The van der Waals surface area contributed by atoms with Gasteiger partial charge >= 0.3 is 6.09 Å². The van der Waals surface area contributed by atoms with Gasteiger partial charge in [0, 0.05) is 30.9 Å². The lowest BCUT2D eigenvalue weighted by atomic mass is 9.66. The monoisotopic (exact) mass is 499 g/mol. The van der Waals surface area contributed by atoms with Gasteiger partial charge in [0.2, 0.25) is 5.95 Å². The quantitative estimate of drug-likeness (QED) is 0.637. The van der Waals surface area contributed by atoms with Crippen LogP contribution in [0.1, 0.15) is 40.0 Å². The van der Waals surface area contributed by atoms with Crippen molar-refractivity contribution in [2.24, 2.45) is 17.1 Å². The first-order valence-corrected chi connectivity index (χ1v) is 11.3. The molecule has 2 aromatic rings. The molecule has 0 aromatic carbocycles. The summed E-state index contributed by atoms with van der Waals surface area (Å²) in [5.74, 6) is 1.08. The summed E-state index contributed by atoms with van der Waals surface area (Å²) in [7, 11) is 0. The molecule has 4 rings (SSSR count). The van der Waals surface area contributed by atoms with Crippen LogP contribution in [0.5, 0.6) is 0 Å². The van der Waals surface area contributed by atoms with Crippen LogP contribution >= 0.6 is 27.5 Å². The van der Waals surface area contributed by atoms with E-state index in [1.807, 2.05) is 24.4 Å². The lowest BCUT2D eigenvalue weighted by Gasteiger charge is -2.44. The highest BCUT2D eigenvalue weighted by molar-refractivity contribution is 9.10. The number of rotatable bonds is 4. The molecule has 2 fully saturated rings. The Kier molecular flexibility index (Phi) is 5.65. The minimum Gasteiger partial charge on any atom is -0.444 e. The first-order valence-electron chi connectivity index (χ1n) is 10.1. The number of piperidine rings is 1. The molecule has 0 radical (unpaired) electrons. The molecule has 164 valence electrons. The highest BCUT2D eigenvalue weighted by Crippen LogP contribution is 2.50. The van der Waals surface area contributed by atoms with E-state index in [4.69, 9.17) is 26.8 Å². The standard InChI is InChI=1S/C20H27BrClN5O3/c1-12-13(10-19(2,3)30-17(23)28)20(11-29-12)4-7-26(8-5-20)18-25-15(22)14(21)16-24-6-9-27(16)18/h6,9,12-13H,4-5,7-8,10-11H2,1-3H3,(H2,23,28)/t12-,13+/m0/s1. The van der Waals surface area contributed by atoms with E-state index in [9.17, 15) is 4.79 Å². The van der Waals surface area contributed by atoms with Gasteiger partial charge in [0.15, 0.2) is 10.8 Å². The summed E-state index contributed by atoms with van der Waals surface area (Å²) in [6, 6.07) is 0. The second kappa shape index (κ2) is 7.84. The molecule has 2 aliphatic heterocycles. The van der Waals surface area contributed by atoms with E-state index in [2.05, 4.69) is 37.7 Å². The molecule has 0 saturated carbocycles. The van der Waals surface area contributed by atoms with Crippen molar-refractivity contribution < 1.29 is 14.3 Å². The van der Waals surface area contributed by atoms with E-state index in [1.165, 1.54) is 0 Å². The molecule has 2 aromatic heterocycles. The molecule has 2 N–H and O–H groups in total. The van der Waals surface area contributed by atoms with Crippen molar-refractivity contribution in [2.45, 2.75) is 51.7 Å². The fourth-order valence-electron chi connectivity index (χ4n) is 5.05. The minimum absolute atomic E-state index is 0.0431. The van der Waals surface area contributed by atoms with Crippen LogP contribution in [-0.2, 0) is 9.47 Å². The smallest absolute Gasteiger partial charge is 0.405 e. The van der Waals surface area contributed by atoms with Crippen molar-refractivity contribution in [1.29, 1.82) is 0 Å². The Hall–Kier alpha value is -1.58. The number of halogens is 2. The van der Waals surface area contributed by atoms with Gasteiger partial charge in [-0.2, -0.15) is 0 Å². The lowest BCUT2D eigenvalue weighted by molar-refractivity contribution is 0.000177. The highest BCUT2D eigenvalue weighted by atomic mass is 79.9. The van der Waals surface area contributed by atoms with E-state index in [0.717, 1.165) is 37.5 Å². The highest BCUT2D eigenvalue weighted by Gasteiger charge is 2.51. The molecule has 30 heavy (non-hydrogen) atoms. The van der Waals surface area contributed by atoms with Crippen molar-refractivity contribution in [3.8, 4) is 0 Å². The maximum atomic E-state index is 11.3. The van der Waals surface area contributed by atoms with Crippen LogP contribution in [0.25, 0.3) is 5.65 Å². The fourth-order valence-corrected chi connectivity index (χ4v) is 5.59. The van der Waals surface area contributed by atoms with Crippen molar-refractivity contribution in [3.63, 3.8) is 0 Å². The summed E-state index contributed by atoms with van der Waals surface area (Å²) in [4.78, 5) is 22.5. The Morgan fingerprint density at radius 1 is 1.47 bits per heavy atom. The van der Waals surface area contributed by atoms with E-state index in [-0.39, 0.29) is 17.4 Å². The van der Waals surface area contributed by atoms with Gasteiger partial charge in [0.25, 0.3) is 0 Å². The number of nitrogens with two attached hydrogens (primary N) is 1. The molecule has 0 unspecified atom stereocenters. The number of carbonyl (C=O) groups is 1. The Balaban J connectivity index is 1.54. The number of imidazole rings is 1. The van der Waals surface area contributed by atoms with Crippen LogP contribution in [0.3, 0.4) is 0 Å². The number of aromatic nitrogens is 3. The van der Waals surface area contributed by atoms with Gasteiger partial charge < -0.3 is 20.1 Å². The first kappa shape index (κ1) is 21.6. The maximum Gasteiger partial charge on any atom is 0.405 e. The molecule has 0 bridgehead atoms. The van der Waals surface area contributed by atoms with E-state index in [0.29, 0.717) is 22.7 Å². The zero-order valence-corrected chi connectivity index (χ0v) is 19.7. The third kappa shape index (κ3) is 3.87. The predicted octanol–water partition coefficient (Wildman–Crippen LogP) is 4.03. The minimum atomic E-state index is -0.738. The number of nitrogens with zero attached hydrogens (tertiary/aromatic N) is 4. The van der Waals surface area contributed by atoms with Crippen LogP contribution in [0.4, 0.5) is 10.7 Å². The Bertz CT molecular complexity index is 957. The molecule has 10 heteroatoms. The summed E-state index contributed by atoms with van der Waals surface area (Å²) in [6.45, 7) is 8.32. The fraction of sp³-hybridized carbons (Fsp3) is 0.650. The zero-order chi connectivity index (χ0) is 21.7.